The summed E-state index contributed by atoms with van der Waals surface area (Å²) in [4.78, 5) is 13.3. The number of nitrogens with one attached hydrogen (secondary N) is 1. The van der Waals surface area contributed by atoms with Gasteiger partial charge >= 0.3 is 5.97 Å². The number of hydrogen-bond acceptors (Lipinski definition) is 4. The van der Waals surface area contributed by atoms with Crippen LogP contribution in [0.4, 0.5) is 5.69 Å². The number of carboxylic acid groups (broad SMARTS) is 1. The quantitative estimate of drug-likeness (QED) is 0.762. The summed E-state index contributed by atoms with van der Waals surface area (Å²) in [5.41, 5.74) is -0.0644. The lowest BCUT2D eigenvalue weighted by Gasteiger charge is -2.26. The maximum Gasteiger partial charge on any atom is 0.327 e. The van der Waals surface area contributed by atoms with Crippen LogP contribution in [0.3, 0.4) is 0 Å². The third-order valence-corrected chi connectivity index (χ3v) is 3.10. The van der Waals surface area contributed by atoms with Crippen molar-refractivity contribution in [2.24, 2.45) is 0 Å². The highest BCUT2D eigenvalue weighted by atomic mass is 16.5. The molecule has 0 saturated heterocycles. The Morgan fingerprint density at radius 2 is 2.15 bits per heavy atom. The standard InChI is InChI=1S/C15H24N2O3/c1-5-9-16-15(2,14(18)19)11-20-13-8-6-7-12(10-13)17(3)4/h6-8,10,16H,5,9,11H2,1-4H3,(H,18,19). The number of aliphatic carboxylic acids is 1. The first kappa shape index (κ1) is 16.3. The molecule has 1 aromatic rings. The van der Waals surface area contributed by atoms with Crippen LogP contribution < -0.4 is 15.0 Å². The molecule has 0 saturated carbocycles. The van der Waals surface area contributed by atoms with Gasteiger partial charge in [0.25, 0.3) is 0 Å². The van der Waals surface area contributed by atoms with Gasteiger partial charge in [0.2, 0.25) is 0 Å². The minimum Gasteiger partial charge on any atom is -0.491 e. The van der Waals surface area contributed by atoms with Gasteiger partial charge < -0.3 is 14.7 Å². The highest BCUT2D eigenvalue weighted by molar-refractivity contribution is 5.78. The summed E-state index contributed by atoms with van der Waals surface area (Å²) in [6.07, 6.45) is 0.874. The van der Waals surface area contributed by atoms with Crippen LogP contribution in [0.1, 0.15) is 20.3 Å². The maximum atomic E-state index is 11.4. The fourth-order valence-corrected chi connectivity index (χ4v) is 1.67. The van der Waals surface area contributed by atoms with Gasteiger partial charge in [-0.25, -0.2) is 0 Å². The van der Waals surface area contributed by atoms with E-state index in [9.17, 15) is 9.90 Å². The molecule has 5 heteroatoms. The highest BCUT2D eigenvalue weighted by Gasteiger charge is 2.33. The van der Waals surface area contributed by atoms with E-state index in [2.05, 4.69) is 5.32 Å². The smallest absolute Gasteiger partial charge is 0.327 e. The van der Waals surface area contributed by atoms with Gasteiger partial charge in [-0.15, -0.1) is 0 Å². The molecular formula is C15H24N2O3. The fraction of sp³-hybridized carbons (Fsp3) is 0.533. The van der Waals surface area contributed by atoms with Crippen molar-refractivity contribution < 1.29 is 14.6 Å². The zero-order valence-corrected chi connectivity index (χ0v) is 12.6. The lowest BCUT2D eigenvalue weighted by Crippen LogP contribution is -2.54. The van der Waals surface area contributed by atoms with Gasteiger partial charge in [0.15, 0.2) is 0 Å². The van der Waals surface area contributed by atoms with Crippen LogP contribution in [-0.4, -0.2) is 43.9 Å². The van der Waals surface area contributed by atoms with Crippen LogP contribution in [0.2, 0.25) is 0 Å². The zero-order chi connectivity index (χ0) is 15.2. The third kappa shape index (κ3) is 4.42. The molecule has 112 valence electrons. The molecule has 0 amide bonds. The molecule has 20 heavy (non-hydrogen) atoms. The fourth-order valence-electron chi connectivity index (χ4n) is 1.67. The van der Waals surface area contributed by atoms with Gasteiger partial charge in [0, 0.05) is 25.8 Å². The Morgan fingerprint density at radius 1 is 1.45 bits per heavy atom. The SMILES string of the molecule is CCCNC(C)(COc1cccc(N(C)C)c1)C(=O)O. The molecule has 1 atom stereocenters. The number of carboxylic acids is 1. The molecule has 0 radical (unpaired) electrons. The Morgan fingerprint density at radius 3 is 2.70 bits per heavy atom. The van der Waals surface area contributed by atoms with E-state index in [0.29, 0.717) is 12.3 Å². The average Bonchev–Trinajstić information content (AvgIpc) is 2.43. The van der Waals surface area contributed by atoms with Crippen molar-refractivity contribution in [3.8, 4) is 5.75 Å². The second-order valence-corrected chi connectivity index (χ2v) is 5.24. The number of carbonyl (C=O) groups is 1. The van der Waals surface area contributed by atoms with E-state index >= 15 is 0 Å². The Kier molecular flexibility index (Phi) is 5.82. The molecule has 0 fully saturated rings. The van der Waals surface area contributed by atoms with Gasteiger partial charge in [0.1, 0.15) is 17.9 Å². The lowest BCUT2D eigenvalue weighted by molar-refractivity contribution is -0.145. The number of benzene rings is 1. The zero-order valence-electron chi connectivity index (χ0n) is 12.6. The molecule has 0 aliphatic heterocycles. The summed E-state index contributed by atoms with van der Waals surface area (Å²) in [6.45, 7) is 4.36. The van der Waals surface area contributed by atoms with Gasteiger partial charge in [0.05, 0.1) is 0 Å². The van der Waals surface area contributed by atoms with Gasteiger partial charge in [-0.05, 0) is 32.0 Å². The molecule has 0 spiro atoms. The Labute approximate surface area is 120 Å². The van der Waals surface area contributed by atoms with E-state index in [0.717, 1.165) is 12.1 Å². The van der Waals surface area contributed by atoms with E-state index in [-0.39, 0.29) is 6.61 Å². The molecule has 2 N–H and O–H groups in total. The van der Waals surface area contributed by atoms with Crippen molar-refractivity contribution in [1.82, 2.24) is 5.32 Å². The summed E-state index contributed by atoms with van der Waals surface area (Å²) < 4.78 is 5.65. The Hall–Kier alpha value is -1.75. The third-order valence-electron chi connectivity index (χ3n) is 3.10. The summed E-state index contributed by atoms with van der Waals surface area (Å²) in [6, 6.07) is 7.58. The molecular weight excluding hydrogens is 256 g/mol. The molecule has 1 aromatic carbocycles. The van der Waals surface area contributed by atoms with Crippen molar-refractivity contribution in [2.75, 3.05) is 32.1 Å². The van der Waals surface area contributed by atoms with E-state index < -0.39 is 11.5 Å². The van der Waals surface area contributed by atoms with Gasteiger partial charge in [-0.1, -0.05) is 13.0 Å². The molecule has 0 heterocycles. The first-order chi connectivity index (χ1) is 9.39. The second kappa shape index (κ2) is 7.14. The van der Waals surface area contributed by atoms with Crippen LogP contribution in [0.5, 0.6) is 5.75 Å². The average molecular weight is 280 g/mol. The summed E-state index contributed by atoms with van der Waals surface area (Å²) in [5.74, 6) is -0.239. The molecule has 0 aliphatic carbocycles. The van der Waals surface area contributed by atoms with Crippen molar-refractivity contribution in [1.29, 1.82) is 0 Å². The van der Waals surface area contributed by atoms with E-state index in [4.69, 9.17) is 4.74 Å². The van der Waals surface area contributed by atoms with Crippen LogP contribution in [0, 0.1) is 0 Å². The van der Waals surface area contributed by atoms with E-state index in [1.54, 1.807) is 6.92 Å². The predicted molar refractivity (Wildman–Crippen MR) is 80.6 cm³/mol. The van der Waals surface area contributed by atoms with Crippen molar-refractivity contribution >= 4 is 11.7 Å². The minimum atomic E-state index is -1.08. The van der Waals surface area contributed by atoms with E-state index in [1.165, 1.54) is 0 Å². The van der Waals surface area contributed by atoms with Gasteiger partial charge in [-0.3, -0.25) is 10.1 Å². The lowest BCUT2D eigenvalue weighted by atomic mass is 10.0. The number of anilines is 1. The van der Waals surface area contributed by atoms with Crippen molar-refractivity contribution in [3.05, 3.63) is 24.3 Å². The van der Waals surface area contributed by atoms with Crippen molar-refractivity contribution in [3.63, 3.8) is 0 Å². The highest BCUT2D eigenvalue weighted by Crippen LogP contribution is 2.20. The summed E-state index contributed by atoms with van der Waals surface area (Å²) in [5, 5.41) is 12.3. The number of nitrogens with zero attached hydrogens (tertiary/aromatic N) is 1. The minimum absolute atomic E-state index is 0.0826. The monoisotopic (exact) mass is 280 g/mol. The van der Waals surface area contributed by atoms with Crippen LogP contribution in [0.25, 0.3) is 0 Å². The van der Waals surface area contributed by atoms with Crippen LogP contribution >= 0.6 is 0 Å². The molecule has 1 rings (SSSR count). The Balaban J connectivity index is 2.72. The Bertz CT molecular complexity index is 448. The predicted octanol–water partition coefficient (Wildman–Crippen LogP) is 1.97. The molecule has 5 nitrogen and oxygen atoms in total. The summed E-state index contributed by atoms with van der Waals surface area (Å²) in [7, 11) is 3.90. The van der Waals surface area contributed by atoms with Gasteiger partial charge in [-0.2, -0.15) is 0 Å². The van der Waals surface area contributed by atoms with Crippen molar-refractivity contribution in [2.45, 2.75) is 25.8 Å². The summed E-state index contributed by atoms with van der Waals surface area (Å²) >= 11 is 0. The number of ether oxygens (including phenoxy) is 1. The maximum absolute atomic E-state index is 11.4. The number of hydrogen-bond donors (Lipinski definition) is 2. The number of rotatable bonds is 8. The topological polar surface area (TPSA) is 61.8 Å². The molecule has 0 aromatic heterocycles. The largest absolute Gasteiger partial charge is 0.491 e. The van der Waals surface area contributed by atoms with E-state index in [1.807, 2.05) is 50.2 Å². The first-order valence-electron chi connectivity index (χ1n) is 6.77. The van der Waals surface area contributed by atoms with Crippen LogP contribution in [-0.2, 0) is 4.79 Å². The normalized spacial score (nSPS) is 13.6. The molecule has 0 bridgehead atoms. The molecule has 0 aliphatic rings. The molecule has 1 unspecified atom stereocenters. The second-order valence-electron chi connectivity index (χ2n) is 5.24. The first-order valence-corrected chi connectivity index (χ1v) is 6.77. The van der Waals surface area contributed by atoms with Crippen LogP contribution in [0.15, 0.2) is 24.3 Å².